The number of carbonyl (C=O) groups is 2. The second kappa shape index (κ2) is 10.2. The largest absolute Gasteiger partial charge is 0.495 e. The third kappa shape index (κ3) is 5.18. The molecular weight excluding hydrogens is 468 g/mol. The average Bonchev–Trinajstić information content (AvgIpc) is 3.09. The number of amides is 1. The lowest BCUT2D eigenvalue weighted by atomic mass is 10.1. The predicted molar refractivity (Wildman–Crippen MR) is 127 cm³/mol. The molecule has 33 heavy (non-hydrogen) atoms. The fraction of sp³-hybridized carbons (Fsp3) is 0.190. The number of aromatic amines is 2. The van der Waals surface area contributed by atoms with Crippen LogP contribution in [0.1, 0.15) is 38.1 Å². The minimum absolute atomic E-state index is 0.0517. The van der Waals surface area contributed by atoms with Crippen LogP contribution in [-0.4, -0.2) is 46.9 Å². The summed E-state index contributed by atoms with van der Waals surface area (Å²) in [6.45, 7) is 3.38. The highest BCUT2D eigenvalue weighted by atomic mass is 32.1. The van der Waals surface area contributed by atoms with Crippen molar-refractivity contribution in [1.82, 2.24) is 9.97 Å². The topological polar surface area (TPSA) is 146 Å². The van der Waals surface area contributed by atoms with Crippen molar-refractivity contribution in [2.24, 2.45) is 4.99 Å². The predicted octanol–water partition coefficient (Wildman–Crippen LogP) is 3.70. The molecule has 3 rings (SSSR count). The zero-order valence-corrected chi connectivity index (χ0v) is 19.5. The van der Waals surface area contributed by atoms with Crippen molar-refractivity contribution < 1.29 is 24.2 Å². The second-order valence-electron chi connectivity index (χ2n) is 6.54. The molecule has 0 spiro atoms. The Kier molecular flexibility index (Phi) is 7.41. The number of nitrogens with zero attached hydrogens (tertiary/aromatic N) is 1. The van der Waals surface area contributed by atoms with Crippen molar-refractivity contribution in [2.45, 2.75) is 13.8 Å². The van der Waals surface area contributed by atoms with Crippen LogP contribution in [0.2, 0.25) is 0 Å². The Morgan fingerprint density at radius 3 is 2.70 bits per heavy atom. The van der Waals surface area contributed by atoms with Gasteiger partial charge in [0.05, 0.1) is 24.3 Å². The van der Waals surface area contributed by atoms with Crippen molar-refractivity contribution in [2.75, 3.05) is 19.0 Å². The van der Waals surface area contributed by atoms with E-state index in [1.807, 2.05) is 0 Å². The average molecular weight is 489 g/mol. The lowest BCUT2D eigenvalue weighted by molar-refractivity contribution is 0.0527. The van der Waals surface area contributed by atoms with Crippen LogP contribution in [0, 0.1) is 11.7 Å². The summed E-state index contributed by atoms with van der Waals surface area (Å²) in [5.74, 6) is -1.15. The van der Waals surface area contributed by atoms with E-state index < -0.39 is 23.3 Å². The zero-order valence-electron chi connectivity index (χ0n) is 17.8. The number of hydrogen-bond acceptors (Lipinski definition) is 9. The molecule has 0 saturated carbocycles. The number of anilines is 1. The van der Waals surface area contributed by atoms with Gasteiger partial charge >= 0.3 is 5.97 Å². The maximum atomic E-state index is 13.0. The number of esters is 1. The van der Waals surface area contributed by atoms with Crippen LogP contribution in [0.3, 0.4) is 0 Å². The fourth-order valence-corrected chi connectivity index (χ4v) is 4.13. The van der Waals surface area contributed by atoms with Gasteiger partial charge < -0.3 is 24.9 Å². The number of hydrogen-bond donors (Lipinski definition) is 4. The molecule has 0 aliphatic heterocycles. The molecule has 12 heteroatoms. The monoisotopic (exact) mass is 488 g/mol. The van der Waals surface area contributed by atoms with E-state index >= 15 is 0 Å². The van der Waals surface area contributed by atoms with Crippen molar-refractivity contribution in [1.29, 1.82) is 0 Å². The molecule has 0 unspecified atom stereocenters. The van der Waals surface area contributed by atoms with E-state index in [0.29, 0.717) is 17.0 Å². The molecule has 4 N–H and O–H groups in total. The first-order valence-corrected chi connectivity index (χ1v) is 10.8. The molecule has 1 aromatic carbocycles. The van der Waals surface area contributed by atoms with Crippen molar-refractivity contribution in [3.05, 3.63) is 61.0 Å². The number of methoxy groups -OCH3 is 1. The summed E-state index contributed by atoms with van der Waals surface area (Å²) in [5, 5.41) is 12.9. The third-order valence-corrected chi connectivity index (χ3v) is 5.84. The molecule has 1 amide bonds. The summed E-state index contributed by atoms with van der Waals surface area (Å²) in [7, 11) is 1.49. The normalized spacial score (nSPS) is 10.9. The highest BCUT2D eigenvalue weighted by Crippen LogP contribution is 2.37. The van der Waals surface area contributed by atoms with Gasteiger partial charge in [-0.1, -0.05) is 12.1 Å². The SMILES string of the molecule is CCOC(=O)c1c(/N=C/c2c(O)[nH]c(=S)[nH]c2=O)sc(C(=O)Nc2ccccc2OC)c1C. The summed E-state index contributed by atoms with van der Waals surface area (Å²) >= 11 is 5.74. The molecule has 0 aliphatic rings. The number of carbonyl (C=O) groups excluding carboxylic acids is 2. The summed E-state index contributed by atoms with van der Waals surface area (Å²) < 4.78 is 10.3. The Morgan fingerprint density at radius 2 is 2.03 bits per heavy atom. The minimum Gasteiger partial charge on any atom is -0.495 e. The molecule has 172 valence electrons. The Bertz CT molecular complexity index is 1360. The van der Waals surface area contributed by atoms with E-state index in [1.165, 1.54) is 7.11 Å². The number of aromatic hydroxyl groups is 1. The molecule has 0 saturated heterocycles. The number of benzene rings is 1. The van der Waals surface area contributed by atoms with Gasteiger partial charge in [0.1, 0.15) is 21.9 Å². The zero-order chi connectivity index (χ0) is 24.1. The van der Waals surface area contributed by atoms with Gasteiger partial charge in [0.2, 0.25) is 5.88 Å². The Hall–Kier alpha value is -3.77. The molecule has 3 aromatic rings. The first kappa shape index (κ1) is 23.9. The number of aromatic nitrogens is 2. The van der Waals surface area contributed by atoms with Crippen molar-refractivity contribution in [3.8, 4) is 11.6 Å². The van der Waals surface area contributed by atoms with E-state index in [-0.39, 0.29) is 32.4 Å². The highest BCUT2D eigenvalue weighted by molar-refractivity contribution is 7.71. The van der Waals surface area contributed by atoms with E-state index in [0.717, 1.165) is 17.6 Å². The van der Waals surface area contributed by atoms with Gasteiger partial charge in [0.15, 0.2) is 4.77 Å². The van der Waals surface area contributed by atoms with E-state index in [9.17, 15) is 19.5 Å². The molecule has 2 heterocycles. The number of rotatable bonds is 7. The number of para-hydroxylation sites is 2. The van der Waals surface area contributed by atoms with Crippen LogP contribution in [0.5, 0.6) is 11.6 Å². The molecule has 0 aliphatic carbocycles. The minimum atomic E-state index is -0.667. The Balaban J connectivity index is 2.05. The number of aliphatic imine (C=N–C) groups is 1. The standard InChI is InChI=1S/C21H20N4O6S2/c1-4-31-20(29)14-10(2)15(18(28)23-12-7-5-6-8-13(12)30-3)33-19(14)22-9-11-16(26)24-21(32)25-17(11)27/h5-9H,4H2,1-3H3,(H,23,28)(H3,24,25,26,27,32)/b22-9+. The Morgan fingerprint density at radius 1 is 1.30 bits per heavy atom. The molecular formula is C21H20N4O6S2. The van der Waals surface area contributed by atoms with Gasteiger partial charge in [-0.05, 0) is 43.8 Å². The van der Waals surface area contributed by atoms with Crippen LogP contribution in [0.4, 0.5) is 10.7 Å². The van der Waals surface area contributed by atoms with Crippen LogP contribution >= 0.6 is 23.6 Å². The number of H-pyrrole nitrogens is 2. The molecule has 0 atom stereocenters. The van der Waals surface area contributed by atoms with E-state index in [1.54, 1.807) is 38.1 Å². The van der Waals surface area contributed by atoms with Gasteiger partial charge in [-0.25, -0.2) is 9.79 Å². The lowest BCUT2D eigenvalue weighted by Crippen LogP contribution is -2.13. The van der Waals surface area contributed by atoms with Gasteiger partial charge in [-0.15, -0.1) is 11.3 Å². The number of nitrogens with one attached hydrogen (secondary N) is 3. The van der Waals surface area contributed by atoms with Crippen LogP contribution in [0.15, 0.2) is 34.1 Å². The van der Waals surface area contributed by atoms with Gasteiger partial charge in [0.25, 0.3) is 11.5 Å². The van der Waals surface area contributed by atoms with Crippen LogP contribution in [0.25, 0.3) is 0 Å². The third-order valence-electron chi connectivity index (χ3n) is 4.44. The number of ether oxygens (including phenoxy) is 2. The quantitative estimate of drug-likeness (QED) is 0.225. The van der Waals surface area contributed by atoms with Crippen LogP contribution < -0.4 is 15.6 Å². The fourth-order valence-electron chi connectivity index (χ4n) is 2.90. The first-order chi connectivity index (χ1) is 15.8. The maximum absolute atomic E-state index is 13.0. The van der Waals surface area contributed by atoms with E-state index in [4.69, 9.17) is 21.7 Å². The molecule has 2 aromatic heterocycles. The van der Waals surface area contributed by atoms with Gasteiger partial charge in [-0.2, -0.15) is 0 Å². The van der Waals surface area contributed by atoms with Gasteiger partial charge in [-0.3, -0.25) is 14.6 Å². The van der Waals surface area contributed by atoms with Crippen molar-refractivity contribution >= 4 is 52.3 Å². The molecule has 0 radical (unpaired) electrons. The maximum Gasteiger partial charge on any atom is 0.341 e. The van der Waals surface area contributed by atoms with Crippen molar-refractivity contribution in [3.63, 3.8) is 0 Å². The molecule has 10 nitrogen and oxygen atoms in total. The number of thiophene rings is 1. The summed E-state index contributed by atoms with van der Waals surface area (Å²) in [5.41, 5.74) is 0.0489. The first-order valence-electron chi connectivity index (χ1n) is 9.61. The lowest BCUT2D eigenvalue weighted by Gasteiger charge is -2.09. The molecule has 0 fully saturated rings. The molecule has 0 bridgehead atoms. The summed E-state index contributed by atoms with van der Waals surface area (Å²) in [4.78, 5) is 46.8. The summed E-state index contributed by atoms with van der Waals surface area (Å²) in [6, 6.07) is 6.89. The second-order valence-corrected chi connectivity index (χ2v) is 7.95. The van der Waals surface area contributed by atoms with E-state index in [2.05, 4.69) is 20.3 Å². The smallest absolute Gasteiger partial charge is 0.341 e. The highest BCUT2D eigenvalue weighted by Gasteiger charge is 2.26. The Labute approximate surface area is 196 Å². The van der Waals surface area contributed by atoms with Crippen LogP contribution in [-0.2, 0) is 4.74 Å². The summed E-state index contributed by atoms with van der Waals surface area (Å²) in [6.07, 6.45) is 1.08. The van der Waals surface area contributed by atoms with Gasteiger partial charge in [0, 0.05) is 6.21 Å².